The summed E-state index contributed by atoms with van der Waals surface area (Å²) in [5.41, 5.74) is 1.84. The third kappa shape index (κ3) is 5.99. The summed E-state index contributed by atoms with van der Waals surface area (Å²) in [5.74, 6) is -1.81. The second-order valence-corrected chi connectivity index (χ2v) is 9.58. The molecule has 0 radical (unpaired) electrons. The monoisotopic (exact) mass is 481 g/mol. The molecule has 0 heterocycles. The van der Waals surface area contributed by atoms with E-state index < -0.39 is 11.8 Å². The first kappa shape index (κ1) is 24.7. The van der Waals surface area contributed by atoms with Gasteiger partial charge in [-0.15, -0.1) is 0 Å². The lowest BCUT2D eigenvalue weighted by atomic mass is 9.72. The molecule has 0 aromatic heterocycles. The second kappa shape index (κ2) is 10.5. The van der Waals surface area contributed by atoms with E-state index in [0.717, 1.165) is 0 Å². The Bertz CT molecular complexity index is 1330. The number of Topliss-reactive ketones (excluding diaryl/α,β-unsaturated/α-hetero) is 2. The fourth-order valence-corrected chi connectivity index (χ4v) is 4.17. The molecule has 4 rings (SSSR count). The molecular formula is C29H27N3O4. The molecule has 7 nitrogen and oxygen atoms in total. The number of benzene rings is 3. The zero-order chi connectivity index (χ0) is 25.7. The van der Waals surface area contributed by atoms with E-state index in [9.17, 15) is 19.2 Å². The van der Waals surface area contributed by atoms with Crippen LogP contribution in [-0.2, 0) is 9.59 Å². The van der Waals surface area contributed by atoms with Gasteiger partial charge in [0, 0.05) is 30.3 Å². The van der Waals surface area contributed by atoms with Crippen molar-refractivity contribution in [1.29, 1.82) is 0 Å². The number of ketones is 2. The highest BCUT2D eigenvalue weighted by Crippen LogP contribution is 2.33. The Kier molecular flexibility index (Phi) is 7.20. The van der Waals surface area contributed by atoms with Gasteiger partial charge in [0.15, 0.2) is 0 Å². The molecule has 0 spiro atoms. The summed E-state index contributed by atoms with van der Waals surface area (Å²) in [6.45, 7) is 3.82. The van der Waals surface area contributed by atoms with Gasteiger partial charge in [0.05, 0.1) is 16.9 Å². The van der Waals surface area contributed by atoms with E-state index in [1.165, 1.54) is 6.21 Å². The molecule has 182 valence electrons. The number of hydrogen-bond donors (Lipinski definition) is 2. The number of nitrogens with one attached hydrogen (secondary N) is 2. The Morgan fingerprint density at radius 3 is 2.22 bits per heavy atom. The number of carbonyl (C=O) groups excluding carboxylic acids is 4. The van der Waals surface area contributed by atoms with Gasteiger partial charge in [-0.3, -0.25) is 24.2 Å². The van der Waals surface area contributed by atoms with Crippen LogP contribution in [0.2, 0.25) is 0 Å². The molecule has 2 amide bonds. The molecule has 7 heteroatoms. The molecular weight excluding hydrogens is 454 g/mol. The van der Waals surface area contributed by atoms with Crippen molar-refractivity contribution in [1.82, 2.24) is 0 Å². The number of amides is 2. The molecule has 2 N–H and O–H groups in total. The van der Waals surface area contributed by atoms with E-state index >= 15 is 0 Å². The fraction of sp³-hybridized carbons (Fsp3) is 0.207. The molecule has 36 heavy (non-hydrogen) atoms. The van der Waals surface area contributed by atoms with Gasteiger partial charge < -0.3 is 10.6 Å². The third-order valence-electron chi connectivity index (χ3n) is 5.93. The Morgan fingerprint density at radius 2 is 1.50 bits per heavy atom. The van der Waals surface area contributed by atoms with E-state index in [1.54, 1.807) is 72.8 Å². The van der Waals surface area contributed by atoms with Crippen molar-refractivity contribution in [2.75, 3.05) is 10.6 Å². The van der Waals surface area contributed by atoms with Crippen molar-refractivity contribution in [3.05, 3.63) is 90.0 Å². The Labute approximate surface area is 209 Å². The maximum atomic E-state index is 13.0. The predicted molar refractivity (Wildman–Crippen MR) is 140 cm³/mol. The van der Waals surface area contributed by atoms with Gasteiger partial charge in [0.2, 0.25) is 0 Å². The van der Waals surface area contributed by atoms with Crippen LogP contribution in [0.15, 0.2) is 83.9 Å². The average Bonchev–Trinajstić information content (AvgIpc) is 2.84. The summed E-state index contributed by atoms with van der Waals surface area (Å²) in [6, 6.07) is 22.3. The zero-order valence-corrected chi connectivity index (χ0v) is 20.2. The van der Waals surface area contributed by atoms with E-state index in [1.807, 2.05) is 19.9 Å². The molecule has 3 aromatic carbocycles. The van der Waals surface area contributed by atoms with Crippen LogP contribution in [0.1, 0.15) is 47.4 Å². The number of carbonyl (C=O) groups is 4. The van der Waals surface area contributed by atoms with Crippen LogP contribution < -0.4 is 10.6 Å². The molecule has 0 unspecified atom stereocenters. The Balaban J connectivity index is 1.46. The summed E-state index contributed by atoms with van der Waals surface area (Å²) in [4.78, 5) is 54.8. The van der Waals surface area contributed by atoms with Gasteiger partial charge in [-0.1, -0.05) is 50.2 Å². The molecule has 1 aliphatic rings. The van der Waals surface area contributed by atoms with Crippen molar-refractivity contribution in [3.63, 3.8) is 0 Å². The second-order valence-electron chi connectivity index (χ2n) is 9.58. The van der Waals surface area contributed by atoms with Gasteiger partial charge in [-0.2, -0.15) is 0 Å². The van der Waals surface area contributed by atoms with Crippen molar-refractivity contribution in [3.8, 4) is 0 Å². The normalized spacial score (nSPS) is 15.6. The zero-order valence-electron chi connectivity index (χ0n) is 20.2. The maximum Gasteiger partial charge on any atom is 0.257 e. The molecule has 1 fully saturated rings. The Hall–Kier alpha value is -4.39. The molecule has 3 aromatic rings. The van der Waals surface area contributed by atoms with Gasteiger partial charge in [0.1, 0.15) is 17.5 Å². The lowest BCUT2D eigenvalue weighted by molar-refractivity contribution is -0.136. The number of anilines is 2. The van der Waals surface area contributed by atoms with Crippen molar-refractivity contribution < 1.29 is 19.2 Å². The average molecular weight is 482 g/mol. The molecule has 1 saturated carbocycles. The number of nitrogens with zero attached hydrogens (tertiary/aromatic N) is 1. The summed E-state index contributed by atoms with van der Waals surface area (Å²) in [6.07, 6.45) is 2.08. The first-order valence-corrected chi connectivity index (χ1v) is 11.7. The quantitative estimate of drug-likeness (QED) is 0.360. The highest BCUT2D eigenvalue weighted by molar-refractivity contribution is 6.16. The highest BCUT2D eigenvalue weighted by atomic mass is 16.2. The number of aliphatic imine (C=N–C) groups is 1. The SMILES string of the molecule is CC1(C)CC(=O)C(C=Nc2cccc(NC(=O)c3ccccc3NC(=O)c3ccccc3)c2)C(=O)C1. The van der Waals surface area contributed by atoms with E-state index in [0.29, 0.717) is 41.0 Å². The van der Waals surface area contributed by atoms with Crippen LogP contribution in [0.4, 0.5) is 17.1 Å². The third-order valence-corrected chi connectivity index (χ3v) is 5.93. The van der Waals surface area contributed by atoms with Crippen LogP contribution in [0.25, 0.3) is 0 Å². The highest BCUT2D eigenvalue weighted by Gasteiger charge is 2.38. The predicted octanol–water partition coefficient (Wildman–Crippen LogP) is 5.47. The van der Waals surface area contributed by atoms with Gasteiger partial charge in [0.25, 0.3) is 11.8 Å². The molecule has 1 aliphatic carbocycles. The number of para-hydroxylation sites is 1. The van der Waals surface area contributed by atoms with E-state index in [-0.39, 0.29) is 22.9 Å². The Morgan fingerprint density at radius 1 is 0.833 bits per heavy atom. The van der Waals surface area contributed by atoms with Crippen LogP contribution >= 0.6 is 0 Å². The minimum atomic E-state index is -0.837. The topological polar surface area (TPSA) is 105 Å². The minimum absolute atomic E-state index is 0.126. The van der Waals surface area contributed by atoms with Crippen molar-refractivity contribution in [2.45, 2.75) is 26.7 Å². The summed E-state index contributed by atoms with van der Waals surface area (Å²) >= 11 is 0. The van der Waals surface area contributed by atoms with Crippen LogP contribution in [0, 0.1) is 11.3 Å². The van der Waals surface area contributed by atoms with E-state index in [4.69, 9.17) is 0 Å². The first-order chi connectivity index (χ1) is 17.2. The van der Waals surface area contributed by atoms with E-state index in [2.05, 4.69) is 15.6 Å². The smallest absolute Gasteiger partial charge is 0.257 e. The number of hydrogen-bond acceptors (Lipinski definition) is 5. The van der Waals surface area contributed by atoms with Gasteiger partial charge in [-0.05, 0) is 47.9 Å². The van der Waals surface area contributed by atoms with Crippen LogP contribution in [0.3, 0.4) is 0 Å². The van der Waals surface area contributed by atoms with Crippen LogP contribution in [-0.4, -0.2) is 29.6 Å². The van der Waals surface area contributed by atoms with Gasteiger partial charge >= 0.3 is 0 Å². The minimum Gasteiger partial charge on any atom is -0.322 e. The van der Waals surface area contributed by atoms with Crippen LogP contribution in [0.5, 0.6) is 0 Å². The molecule has 0 aliphatic heterocycles. The first-order valence-electron chi connectivity index (χ1n) is 11.7. The van der Waals surface area contributed by atoms with Crippen molar-refractivity contribution >= 4 is 46.7 Å². The largest absolute Gasteiger partial charge is 0.322 e. The molecule has 0 saturated heterocycles. The lowest BCUT2D eigenvalue weighted by Gasteiger charge is -2.30. The van der Waals surface area contributed by atoms with Crippen molar-refractivity contribution in [2.24, 2.45) is 16.3 Å². The lowest BCUT2D eigenvalue weighted by Crippen LogP contribution is -2.38. The summed E-state index contributed by atoms with van der Waals surface area (Å²) in [5, 5.41) is 5.61. The molecule has 0 atom stereocenters. The standard InChI is InChI=1S/C29H27N3O4/c1-29(2)16-25(33)23(26(34)17-29)18-30-20-11-8-12-21(15-20)31-28(36)22-13-6-7-14-24(22)32-27(35)19-9-4-3-5-10-19/h3-15,18,23H,16-17H2,1-2H3,(H,31,36)(H,32,35). The summed E-state index contributed by atoms with van der Waals surface area (Å²) in [7, 11) is 0. The summed E-state index contributed by atoms with van der Waals surface area (Å²) < 4.78 is 0. The maximum absolute atomic E-state index is 13.0. The molecule has 0 bridgehead atoms. The fourth-order valence-electron chi connectivity index (χ4n) is 4.17. The number of rotatable bonds is 6. The van der Waals surface area contributed by atoms with Gasteiger partial charge in [-0.25, -0.2) is 0 Å².